The third-order valence-electron chi connectivity index (χ3n) is 3.47. The van der Waals surface area contributed by atoms with Gasteiger partial charge in [-0.2, -0.15) is 0 Å². The van der Waals surface area contributed by atoms with Gasteiger partial charge in [-0.05, 0) is 18.2 Å². The second-order valence-electron chi connectivity index (χ2n) is 5.35. The van der Waals surface area contributed by atoms with E-state index in [0.717, 1.165) is 0 Å². The zero-order chi connectivity index (χ0) is 17.0. The number of ether oxygens (including phenoxy) is 1. The number of hydrogen-bond acceptors (Lipinski definition) is 4. The average Bonchev–Trinajstić information content (AvgIpc) is 2.95. The lowest BCUT2D eigenvalue weighted by Gasteiger charge is -2.12. The predicted octanol–water partition coefficient (Wildman–Crippen LogP) is 1.77. The number of phenolic OH excluding ortho intramolecular Hbond substituents is 1. The van der Waals surface area contributed by atoms with Crippen molar-refractivity contribution in [2.24, 2.45) is 0 Å². The first-order valence-corrected chi connectivity index (χ1v) is 7.19. The lowest BCUT2D eigenvalue weighted by molar-refractivity contribution is 0.0814. The summed E-state index contributed by atoms with van der Waals surface area (Å²) >= 11 is 0. The minimum Gasteiger partial charge on any atom is -0.507 e. The van der Waals surface area contributed by atoms with Gasteiger partial charge in [0.25, 0.3) is 5.91 Å². The minimum absolute atomic E-state index is 0.0809. The summed E-state index contributed by atoms with van der Waals surface area (Å²) in [6.45, 7) is 0.881. The number of carbonyl (C=O) groups is 2. The lowest BCUT2D eigenvalue weighted by atomic mass is 10.0. The molecule has 6 heteroatoms. The Morgan fingerprint density at radius 2 is 1.96 bits per heavy atom. The summed E-state index contributed by atoms with van der Waals surface area (Å²) in [4.78, 5) is 26.3. The Bertz CT molecular complexity index is 719. The fraction of sp³-hybridized carbons (Fsp3) is 0.294. The van der Waals surface area contributed by atoms with Gasteiger partial charge in [-0.25, -0.2) is 0 Å². The molecule has 1 heterocycles. The van der Waals surface area contributed by atoms with E-state index in [1.165, 1.54) is 11.0 Å². The number of aromatic nitrogens is 1. The predicted molar refractivity (Wildman–Crippen MR) is 85.9 cm³/mol. The van der Waals surface area contributed by atoms with Crippen molar-refractivity contribution in [3.63, 3.8) is 0 Å². The molecule has 6 nitrogen and oxygen atoms in total. The number of amides is 1. The first-order chi connectivity index (χ1) is 11.0. The Hall–Kier alpha value is -2.60. The first kappa shape index (κ1) is 16.8. The fourth-order valence-electron chi connectivity index (χ4n) is 2.24. The van der Waals surface area contributed by atoms with E-state index < -0.39 is 0 Å². The number of para-hydroxylation sites is 1. The van der Waals surface area contributed by atoms with Crippen molar-refractivity contribution in [1.29, 1.82) is 0 Å². The maximum absolute atomic E-state index is 12.6. The summed E-state index contributed by atoms with van der Waals surface area (Å²) in [5, 5.41) is 9.83. The van der Waals surface area contributed by atoms with Gasteiger partial charge in [0.2, 0.25) is 0 Å². The molecule has 2 rings (SSSR count). The van der Waals surface area contributed by atoms with Gasteiger partial charge >= 0.3 is 0 Å². The molecule has 1 N–H and O–H groups in total. The molecule has 23 heavy (non-hydrogen) atoms. The quantitative estimate of drug-likeness (QED) is 0.825. The minimum atomic E-state index is -0.327. The summed E-state index contributed by atoms with van der Waals surface area (Å²) in [7, 11) is 4.88. The molecular formula is C17H20N2O4. The molecule has 1 aromatic carbocycles. The number of benzene rings is 1. The van der Waals surface area contributed by atoms with Gasteiger partial charge in [-0.1, -0.05) is 12.1 Å². The number of methoxy groups -OCH3 is 1. The second-order valence-corrected chi connectivity index (χ2v) is 5.35. The van der Waals surface area contributed by atoms with E-state index in [4.69, 9.17) is 4.74 Å². The largest absolute Gasteiger partial charge is 0.507 e. The van der Waals surface area contributed by atoms with Crippen LogP contribution in [0, 0.1) is 0 Å². The van der Waals surface area contributed by atoms with E-state index >= 15 is 0 Å². The molecule has 0 bridgehead atoms. The van der Waals surface area contributed by atoms with E-state index in [1.54, 1.807) is 56.2 Å². The van der Waals surface area contributed by atoms with Gasteiger partial charge in [-0.3, -0.25) is 9.59 Å². The van der Waals surface area contributed by atoms with Crippen LogP contribution in [0.1, 0.15) is 26.4 Å². The molecule has 0 unspecified atom stereocenters. The lowest BCUT2D eigenvalue weighted by Crippen LogP contribution is -2.25. The van der Waals surface area contributed by atoms with Gasteiger partial charge in [-0.15, -0.1) is 0 Å². The molecule has 0 spiro atoms. The number of rotatable bonds is 6. The Morgan fingerprint density at radius 1 is 1.26 bits per heavy atom. The van der Waals surface area contributed by atoms with Crippen LogP contribution in [0.2, 0.25) is 0 Å². The molecule has 0 saturated carbocycles. The van der Waals surface area contributed by atoms with Gasteiger partial charge < -0.3 is 19.3 Å². The summed E-state index contributed by atoms with van der Waals surface area (Å²) in [5.74, 6) is -0.605. The van der Waals surface area contributed by atoms with Crippen LogP contribution in [-0.4, -0.2) is 54.1 Å². The number of phenols is 1. The maximum Gasteiger partial charge on any atom is 0.269 e. The van der Waals surface area contributed by atoms with E-state index in [2.05, 4.69) is 0 Å². The van der Waals surface area contributed by atoms with Crippen LogP contribution < -0.4 is 0 Å². The zero-order valence-electron chi connectivity index (χ0n) is 13.4. The van der Waals surface area contributed by atoms with Gasteiger partial charge in [0.1, 0.15) is 11.4 Å². The topological polar surface area (TPSA) is 71.8 Å². The highest BCUT2D eigenvalue weighted by Crippen LogP contribution is 2.21. The molecule has 0 atom stereocenters. The number of aromatic hydroxyl groups is 1. The smallest absolute Gasteiger partial charge is 0.269 e. The first-order valence-electron chi connectivity index (χ1n) is 7.19. The molecule has 0 aliphatic heterocycles. The standard InChI is InChI=1S/C17H20N2O4/c1-18(2)17(22)14-10-12(11-19(14)8-9-23-3)16(21)13-6-4-5-7-15(13)20/h4-7,10-11,20H,8-9H2,1-3H3. The monoisotopic (exact) mass is 316 g/mol. The summed E-state index contributed by atoms with van der Waals surface area (Å²) in [6.07, 6.45) is 1.62. The number of hydrogen-bond donors (Lipinski definition) is 1. The van der Waals surface area contributed by atoms with E-state index in [-0.39, 0.29) is 23.0 Å². The summed E-state index contributed by atoms with van der Waals surface area (Å²) < 4.78 is 6.74. The van der Waals surface area contributed by atoms with Crippen molar-refractivity contribution in [3.8, 4) is 5.75 Å². The van der Waals surface area contributed by atoms with Crippen LogP contribution >= 0.6 is 0 Å². The van der Waals surface area contributed by atoms with Gasteiger partial charge in [0.15, 0.2) is 5.78 Å². The van der Waals surface area contributed by atoms with E-state index in [9.17, 15) is 14.7 Å². The Labute approximate surface area is 134 Å². The fourth-order valence-corrected chi connectivity index (χ4v) is 2.24. The average molecular weight is 316 g/mol. The van der Waals surface area contributed by atoms with Crippen LogP contribution in [0.4, 0.5) is 0 Å². The Morgan fingerprint density at radius 3 is 2.57 bits per heavy atom. The second kappa shape index (κ2) is 7.11. The van der Waals surface area contributed by atoms with Crippen molar-refractivity contribution in [2.75, 3.05) is 27.8 Å². The Balaban J connectivity index is 2.41. The van der Waals surface area contributed by atoms with E-state index in [1.807, 2.05) is 0 Å². The highest BCUT2D eigenvalue weighted by Gasteiger charge is 2.20. The van der Waals surface area contributed by atoms with Crippen molar-refractivity contribution >= 4 is 11.7 Å². The molecule has 122 valence electrons. The molecule has 0 aliphatic carbocycles. The molecule has 0 fully saturated rings. The van der Waals surface area contributed by atoms with E-state index in [0.29, 0.717) is 24.4 Å². The third-order valence-corrected chi connectivity index (χ3v) is 3.47. The van der Waals surface area contributed by atoms with Gasteiger partial charge in [0, 0.05) is 39.5 Å². The maximum atomic E-state index is 12.6. The molecule has 0 aliphatic rings. The molecule has 2 aromatic rings. The van der Waals surface area contributed by atoms with Crippen LogP contribution in [0.25, 0.3) is 0 Å². The molecule has 1 aromatic heterocycles. The summed E-state index contributed by atoms with van der Waals surface area (Å²) in [5.41, 5.74) is 0.971. The number of ketones is 1. The van der Waals surface area contributed by atoms with Crippen molar-refractivity contribution < 1.29 is 19.4 Å². The Kier molecular flexibility index (Phi) is 5.18. The highest BCUT2D eigenvalue weighted by molar-refractivity contribution is 6.11. The normalized spacial score (nSPS) is 10.6. The summed E-state index contributed by atoms with van der Waals surface area (Å²) in [6, 6.07) is 7.89. The SMILES string of the molecule is COCCn1cc(C(=O)c2ccccc2O)cc1C(=O)N(C)C. The van der Waals surface area contributed by atoms with Crippen molar-refractivity contribution in [3.05, 3.63) is 53.3 Å². The van der Waals surface area contributed by atoms with Crippen LogP contribution in [0.5, 0.6) is 5.75 Å². The van der Waals surface area contributed by atoms with Crippen LogP contribution in [0.3, 0.4) is 0 Å². The zero-order valence-corrected chi connectivity index (χ0v) is 13.4. The number of nitrogens with zero attached hydrogens (tertiary/aromatic N) is 2. The van der Waals surface area contributed by atoms with Crippen molar-refractivity contribution in [2.45, 2.75) is 6.54 Å². The molecule has 0 saturated heterocycles. The molecule has 1 amide bonds. The van der Waals surface area contributed by atoms with Gasteiger partial charge in [0.05, 0.1) is 12.2 Å². The molecular weight excluding hydrogens is 296 g/mol. The van der Waals surface area contributed by atoms with Crippen LogP contribution in [0.15, 0.2) is 36.5 Å². The highest BCUT2D eigenvalue weighted by atomic mass is 16.5. The van der Waals surface area contributed by atoms with Crippen LogP contribution in [-0.2, 0) is 11.3 Å². The van der Waals surface area contributed by atoms with Crippen molar-refractivity contribution in [1.82, 2.24) is 9.47 Å². The number of carbonyl (C=O) groups excluding carboxylic acids is 2. The molecule has 0 radical (unpaired) electrons. The third kappa shape index (κ3) is 3.60.